The quantitative estimate of drug-likeness (QED) is 0.577. The molecule has 120 valence electrons. The first-order valence-corrected chi connectivity index (χ1v) is 7.20. The topological polar surface area (TPSA) is 44.8 Å². The lowest BCUT2D eigenvalue weighted by molar-refractivity contribution is 0.104. The molecule has 4 nitrogen and oxygen atoms in total. The molecule has 0 saturated heterocycles. The van der Waals surface area contributed by atoms with Crippen molar-refractivity contribution in [1.29, 1.82) is 0 Å². The third-order valence-corrected chi connectivity index (χ3v) is 3.41. The molecule has 0 unspecified atom stereocenters. The number of allylic oxidation sites excluding steroid dienone is 1. The second-order valence-electron chi connectivity index (χ2n) is 4.93. The number of methoxy groups -OCH3 is 3. The summed E-state index contributed by atoms with van der Waals surface area (Å²) in [6.07, 6.45) is 3.34. The molecule has 23 heavy (non-hydrogen) atoms. The highest BCUT2D eigenvalue weighted by Gasteiger charge is 2.05. The van der Waals surface area contributed by atoms with Gasteiger partial charge in [-0.05, 0) is 48.0 Å². The Kier molecular flexibility index (Phi) is 5.94. The Hall–Kier alpha value is -2.59. The number of hydrogen-bond acceptors (Lipinski definition) is 4. The van der Waals surface area contributed by atoms with Crippen LogP contribution in [0.15, 0.2) is 48.5 Å². The lowest BCUT2D eigenvalue weighted by Gasteiger charge is -2.08. The monoisotopic (exact) mass is 312 g/mol. The SMILES string of the molecule is COCc1cc(/C=C/C(=O)c2ccc(OC)cc2)ccc1OC. The second kappa shape index (κ2) is 8.15. The zero-order chi connectivity index (χ0) is 16.7. The summed E-state index contributed by atoms with van der Waals surface area (Å²) in [5, 5.41) is 0. The van der Waals surface area contributed by atoms with Crippen LogP contribution in [0, 0.1) is 0 Å². The summed E-state index contributed by atoms with van der Waals surface area (Å²) in [6, 6.07) is 12.7. The predicted octanol–water partition coefficient (Wildman–Crippen LogP) is 3.75. The molecule has 0 fully saturated rings. The van der Waals surface area contributed by atoms with Crippen LogP contribution in [-0.4, -0.2) is 27.1 Å². The lowest BCUT2D eigenvalue weighted by Crippen LogP contribution is -1.96. The van der Waals surface area contributed by atoms with Gasteiger partial charge in [-0.15, -0.1) is 0 Å². The van der Waals surface area contributed by atoms with Crippen molar-refractivity contribution in [2.75, 3.05) is 21.3 Å². The minimum atomic E-state index is -0.0586. The van der Waals surface area contributed by atoms with Gasteiger partial charge in [0.25, 0.3) is 0 Å². The summed E-state index contributed by atoms with van der Waals surface area (Å²) in [5.74, 6) is 1.44. The van der Waals surface area contributed by atoms with Gasteiger partial charge in [0.15, 0.2) is 5.78 Å². The van der Waals surface area contributed by atoms with Gasteiger partial charge in [0.1, 0.15) is 11.5 Å². The zero-order valence-corrected chi connectivity index (χ0v) is 13.5. The Labute approximate surface area is 136 Å². The van der Waals surface area contributed by atoms with Crippen LogP contribution < -0.4 is 9.47 Å². The fourth-order valence-corrected chi connectivity index (χ4v) is 2.19. The molecule has 2 aromatic rings. The molecule has 0 aliphatic heterocycles. The minimum Gasteiger partial charge on any atom is -0.497 e. The molecule has 0 radical (unpaired) electrons. The number of carbonyl (C=O) groups is 1. The van der Waals surface area contributed by atoms with Crippen LogP contribution >= 0.6 is 0 Å². The molecule has 2 rings (SSSR count). The summed E-state index contributed by atoms with van der Waals surface area (Å²) in [5.41, 5.74) is 2.47. The van der Waals surface area contributed by atoms with E-state index in [2.05, 4.69) is 0 Å². The Balaban J connectivity index is 2.15. The van der Waals surface area contributed by atoms with Gasteiger partial charge in [-0.1, -0.05) is 12.1 Å². The molecule has 0 atom stereocenters. The highest BCUT2D eigenvalue weighted by atomic mass is 16.5. The van der Waals surface area contributed by atoms with E-state index in [-0.39, 0.29) is 5.78 Å². The van der Waals surface area contributed by atoms with Gasteiger partial charge in [0.2, 0.25) is 0 Å². The van der Waals surface area contributed by atoms with Crippen molar-refractivity contribution in [3.63, 3.8) is 0 Å². The molecule has 0 heterocycles. The highest BCUT2D eigenvalue weighted by Crippen LogP contribution is 2.21. The molecule has 4 heteroatoms. The van der Waals surface area contributed by atoms with E-state index in [1.54, 1.807) is 57.7 Å². The molecular formula is C19H20O4. The van der Waals surface area contributed by atoms with Crippen LogP contribution in [0.2, 0.25) is 0 Å². The number of rotatable bonds is 7. The van der Waals surface area contributed by atoms with Gasteiger partial charge in [0.05, 0.1) is 20.8 Å². The van der Waals surface area contributed by atoms with Crippen molar-refractivity contribution in [3.05, 3.63) is 65.2 Å². The molecule has 2 aromatic carbocycles. The number of hydrogen-bond donors (Lipinski definition) is 0. The number of carbonyl (C=O) groups excluding carboxylic acids is 1. The molecule has 0 aliphatic rings. The fraction of sp³-hybridized carbons (Fsp3) is 0.211. The highest BCUT2D eigenvalue weighted by molar-refractivity contribution is 6.06. The normalized spacial score (nSPS) is 10.7. The van der Waals surface area contributed by atoms with Crippen LogP contribution in [0.5, 0.6) is 11.5 Å². The fourth-order valence-electron chi connectivity index (χ4n) is 2.19. The predicted molar refractivity (Wildman–Crippen MR) is 90.1 cm³/mol. The van der Waals surface area contributed by atoms with Crippen molar-refractivity contribution in [2.45, 2.75) is 6.61 Å². The van der Waals surface area contributed by atoms with E-state index >= 15 is 0 Å². The molecule has 0 bridgehead atoms. The largest absolute Gasteiger partial charge is 0.497 e. The van der Waals surface area contributed by atoms with E-state index in [1.165, 1.54) is 0 Å². The molecule has 0 aliphatic carbocycles. The van der Waals surface area contributed by atoms with Crippen molar-refractivity contribution in [2.24, 2.45) is 0 Å². The number of ether oxygens (including phenoxy) is 3. The number of ketones is 1. The minimum absolute atomic E-state index is 0.0586. The van der Waals surface area contributed by atoms with Gasteiger partial charge < -0.3 is 14.2 Å². The van der Waals surface area contributed by atoms with E-state index in [0.717, 1.165) is 22.6 Å². The first kappa shape index (κ1) is 16.8. The summed E-state index contributed by atoms with van der Waals surface area (Å²) < 4.78 is 15.5. The average molecular weight is 312 g/mol. The maximum atomic E-state index is 12.2. The summed E-state index contributed by atoms with van der Waals surface area (Å²) in [7, 11) is 4.85. The third kappa shape index (κ3) is 4.44. The first-order valence-electron chi connectivity index (χ1n) is 7.20. The molecule has 0 spiro atoms. The van der Waals surface area contributed by atoms with Gasteiger partial charge >= 0.3 is 0 Å². The summed E-state index contributed by atoms with van der Waals surface area (Å²) in [6.45, 7) is 0.456. The summed E-state index contributed by atoms with van der Waals surface area (Å²) in [4.78, 5) is 12.2. The van der Waals surface area contributed by atoms with Gasteiger partial charge in [-0.25, -0.2) is 0 Å². The van der Waals surface area contributed by atoms with E-state index in [4.69, 9.17) is 14.2 Å². The van der Waals surface area contributed by atoms with E-state index < -0.39 is 0 Å². The van der Waals surface area contributed by atoms with Crippen LogP contribution in [0.25, 0.3) is 6.08 Å². The van der Waals surface area contributed by atoms with Gasteiger partial charge in [-0.3, -0.25) is 4.79 Å². The standard InChI is InChI=1S/C19H20O4/c1-21-13-16-12-14(5-11-19(16)23-3)4-10-18(20)15-6-8-17(22-2)9-7-15/h4-12H,13H2,1-3H3/b10-4+. The van der Waals surface area contributed by atoms with E-state index in [9.17, 15) is 4.79 Å². The van der Waals surface area contributed by atoms with E-state index in [1.807, 2.05) is 18.2 Å². The Morgan fingerprint density at radius 2 is 1.74 bits per heavy atom. The van der Waals surface area contributed by atoms with Crippen LogP contribution in [0.1, 0.15) is 21.5 Å². The van der Waals surface area contributed by atoms with Crippen LogP contribution in [-0.2, 0) is 11.3 Å². The Morgan fingerprint density at radius 3 is 2.35 bits per heavy atom. The second-order valence-corrected chi connectivity index (χ2v) is 4.93. The number of benzene rings is 2. The maximum absolute atomic E-state index is 12.2. The Morgan fingerprint density at radius 1 is 1.00 bits per heavy atom. The molecule has 0 N–H and O–H groups in total. The third-order valence-electron chi connectivity index (χ3n) is 3.41. The molecular weight excluding hydrogens is 292 g/mol. The van der Waals surface area contributed by atoms with Crippen molar-refractivity contribution in [3.8, 4) is 11.5 Å². The smallest absolute Gasteiger partial charge is 0.185 e. The molecule has 0 saturated carbocycles. The molecule has 0 aromatic heterocycles. The molecule has 0 amide bonds. The first-order chi connectivity index (χ1) is 11.2. The average Bonchev–Trinajstić information content (AvgIpc) is 2.60. The van der Waals surface area contributed by atoms with Crippen LogP contribution in [0.3, 0.4) is 0 Å². The Bertz CT molecular complexity index is 687. The van der Waals surface area contributed by atoms with Gasteiger partial charge in [-0.2, -0.15) is 0 Å². The zero-order valence-electron chi connectivity index (χ0n) is 13.5. The van der Waals surface area contributed by atoms with Crippen LogP contribution in [0.4, 0.5) is 0 Å². The van der Waals surface area contributed by atoms with Crippen molar-refractivity contribution >= 4 is 11.9 Å². The van der Waals surface area contributed by atoms with Gasteiger partial charge in [0, 0.05) is 18.2 Å². The lowest BCUT2D eigenvalue weighted by atomic mass is 10.1. The van der Waals surface area contributed by atoms with Crippen molar-refractivity contribution in [1.82, 2.24) is 0 Å². The summed E-state index contributed by atoms with van der Waals surface area (Å²) >= 11 is 0. The van der Waals surface area contributed by atoms with Crippen molar-refractivity contribution < 1.29 is 19.0 Å². The maximum Gasteiger partial charge on any atom is 0.185 e. The van der Waals surface area contributed by atoms with E-state index in [0.29, 0.717) is 12.2 Å².